The molecule has 0 saturated heterocycles. The predicted octanol–water partition coefficient (Wildman–Crippen LogP) is 2.20. The Labute approximate surface area is 108 Å². The smallest absolute Gasteiger partial charge is 0.234 e. The number of nitrogens with one attached hydrogen (secondary N) is 1. The molecule has 0 unspecified atom stereocenters. The third-order valence-corrected chi connectivity index (χ3v) is 4.37. The predicted molar refractivity (Wildman–Crippen MR) is 72.5 cm³/mol. The monoisotopic (exact) mass is 244 g/mol. The van der Waals surface area contributed by atoms with Crippen LogP contribution in [0.1, 0.15) is 37.8 Å². The molecular formula is C15H20N2O. The molecule has 0 aromatic heterocycles. The van der Waals surface area contributed by atoms with Crippen molar-refractivity contribution in [2.24, 2.45) is 11.7 Å². The zero-order valence-electron chi connectivity index (χ0n) is 11.0. The zero-order valence-corrected chi connectivity index (χ0v) is 11.0. The number of anilines is 1. The molecular weight excluding hydrogens is 224 g/mol. The van der Waals surface area contributed by atoms with Gasteiger partial charge in [0.2, 0.25) is 5.91 Å². The highest BCUT2D eigenvalue weighted by molar-refractivity contribution is 6.05. The van der Waals surface area contributed by atoms with E-state index in [1.807, 2.05) is 19.9 Å². The largest absolute Gasteiger partial charge is 0.328 e. The number of rotatable bonds is 2. The van der Waals surface area contributed by atoms with Gasteiger partial charge in [0.05, 0.1) is 5.41 Å². The summed E-state index contributed by atoms with van der Waals surface area (Å²) in [6, 6.07) is 6.77. The number of amides is 1. The minimum Gasteiger partial charge on any atom is -0.328 e. The van der Waals surface area contributed by atoms with Crippen LogP contribution < -0.4 is 11.1 Å². The summed E-state index contributed by atoms with van der Waals surface area (Å²) in [7, 11) is 0. The maximum atomic E-state index is 11.9. The minimum atomic E-state index is -0.401. The van der Waals surface area contributed by atoms with Crippen molar-refractivity contribution in [3.63, 3.8) is 0 Å². The lowest BCUT2D eigenvalue weighted by atomic mass is 9.76. The van der Waals surface area contributed by atoms with Crippen molar-refractivity contribution in [1.82, 2.24) is 0 Å². The number of hydrogen-bond acceptors (Lipinski definition) is 2. The van der Waals surface area contributed by atoms with E-state index in [4.69, 9.17) is 5.73 Å². The van der Waals surface area contributed by atoms with Crippen molar-refractivity contribution in [3.8, 4) is 0 Å². The van der Waals surface area contributed by atoms with Crippen molar-refractivity contribution in [1.29, 1.82) is 0 Å². The molecule has 18 heavy (non-hydrogen) atoms. The van der Waals surface area contributed by atoms with E-state index in [-0.39, 0.29) is 5.91 Å². The number of fused-ring (bicyclic) bond motifs is 1. The summed E-state index contributed by atoms with van der Waals surface area (Å²) in [6.45, 7) is 3.97. The van der Waals surface area contributed by atoms with Crippen LogP contribution in [0.25, 0.3) is 0 Å². The number of carbonyl (C=O) groups is 1. The highest BCUT2D eigenvalue weighted by Gasteiger charge is 2.38. The highest BCUT2D eigenvalue weighted by atomic mass is 16.2. The van der Waals surface area contributed by atoms with Crippen LogP contribution >= 0.6 is 0 Å². The SMILES string of the molecule is CC1(C)C(=O)Nc2ccc(CC3CC(N)C3)cc21. The summed E-state index contributed by atoms with van der Waals surface area (Å²) in [4.78, 5) is 11.9. The van der Waals surface area contributed by atoms with Gasteiger partial charge < -0.3 is 11.1 Å². The van der Waals surface area contributed by atoms with E-state index in [0.717, 1.165) is 36.4 Å². The maximum absolute atomic E-state index is 11.9. The third kappa shape index (κ3) is 1.74. The Morgan fingerprint density at radius 2 is 2.11 bits per heavy atom. The Morgan fingerprint density at radius 3 is 2.78 bits per heavy atom. The molecule has 2 aliphatic rings. The van der Waals surface area contributed by atoms with Gasteiger partial charge in [0.15, 0.2) is 0 Å². The molecule has 1 aliphatic heterocycles. The van der Waals surface area contributed by atoms with E-state index in [0.29, 0.717) is 6.04 Å². The maximum Gasteiger partial charge on any atom is 0.234 e. The quantitative estimate of drug-likeness (QED) is 0.838. The van der Waals surface area contributed by atoms with Crippen molar-refractivity contribution < 1.29 is 4.79 Å². The second-order valence-electron chi connectivity index (χ2n) is 6.26. The fraction of sp³-hybridized carbons (Fsp3) is 0.533. The second-order valence-corrected chi connectivity index (χ2v) is 6.26. The first-order valence-corrected chi connectivity index (χ1v) is 6.67. The average molecular weight is 244 g/mol. The first-order chi connectivity index (χ1) is 8.46. The van der Waals surface area contributed by atoms with Crippen molar-refractivity contribution in [3.05, 3.63) is 29.3 Å². The van der Waals surface area contributed by atoms with Crippen LogP contribution in [0.4, 0.5) is 5.69 Å². The van der Waals surface area contributed by atoms with Gasteiger partial charge in [0, 0.05) is 11.7 Å². The van der Waals surface area contributed by atoms with Crippen molar-refractivity contribution in [2.75, 3.05) is 5.32 Å². The zero-order chi connectivity index (χ0) is 12.9. The van der Waals surface area contributed by atoms with Crippen LogP contribution in [0, 0.1) is 5.92 Å². The number of carbonyl (C=O) groups excluding carboxylic acids is 1. The molecule has 3 N–H and O–H groups in total. The van der Waals surface area contributed by atoms with Crippen LogP contribution in [0.2, 0.25) is 0 Å². The molecule has 3 nitrogen and oxygen atoms in total. The van der Waals surface area contributed by atoms with Gasteiger partial charge in [0.1, 0.15) is 0 Å². The van der Waals surface area contributed by atoms with Crippen molar-refractivity contribution >= 4 is 11.6 Å². The lowest BCUT2D eigenvalue weighted by Gasteiger charge is -2.32. The molecule has 1 aromatic rings. The Bertz CT molecular complexity index is 501. The van der Waals surface area contributed by atoms with E-state index in [1.54, 1.807) is 0 Å². The van der Waals surface area contributed by atoms with Gasteiger partial charge in [-0.15, -0.1) is 0 Å². The normalized spacial score (nSPS) is 28.5. The molecule has 1 heterocycles. The van der Waals surface area contributed by atoms with Gasteiger partial charge in [-0.05, 0) is 56.2 Å². The Balaban J connectivity index is 1.83. The molecule has 3 rings (SSSR count). The molecule has 3 heteroatoms. The fourth-order valence-electron chi connectivity index (χ4n) is 3.03. The van der Waals surface area contributed by atoms with Gasteiger partial charge in [-0.1, -0.05) is 12.1 Å². The van der Waals surface area contributed by atoms with E-state index >= 15 is 0 Å². The van der Waals surface area contributed by atoms with Crippen LogP contribution in [0.3, 0.4) is 0 Å². The Kier molecular flexibility index (Phi) is 2.49. The third-order valence-electron chi connectivity index (χ3n) is 4.37. The lowest BCUT2D eigenvalue weighted by Crippen LogP contribution is -2.37. The summed E-state index contributed by atoms with van der Waals surface area (Å²) in [6.07, 6.45) is 3.36. The summed E-state index contributed by atoms with van der Waals surface area (Å²) >= 11 is 0. The minimum absolute atomic E-state index is 0.0975. The first kappa shape index (κ1) is 11.7. The van der Waals surface area contributed by atoms with Crippen LogP contribution in [-0.2, 0) is 16.6 Å². The molecule has 0 atom stereocenters. The van der Waals surface area contributed by atoms with Gasteiger partial charge in [0.25, 0.3) is 0 Å². The highest BCUT2D eigenvalue weighted by Crippen LogP contribution is 2.38. The molecule has 1 saturated carbocycles. The standard InChI is InChI=1S/C15H20N2O/c1-15(2)12-8-9(5-10-6-11(16)7-10)3-4-13(12)17-14(15)18/h3-4,8,10-11H,5-7,16H2,1-2H3,(H,17,18). The Hall–Kier alpha value is -1.35. The second kappa shape index (κ2) is 3.82. The van der Waals surface area contributed by atoms with E-state index in [2.05, 4.69) is 17.4 Å². The van der Waals surface area contributed by atoms with Gasteiger partial charge in [-0.3, -0.25) is 4.79 Å². The van der Waals surface area contributed by atoms with Gasteiger partial charge in [-0.25, -0.2) is 0 Å². The molecule has 1 fully saturated rings. The Morgan fingerprint density at radius 1 is 1.39 bits per heavy atom. The van der Waals surface area contributed by atoms with Crippen LogP contribution in [0.5, 0.6) is 0 Å². The number of hydrogen-bond donors (Lipinski definition) is 2. The average Bonchev–Trinajstić information content (AvgIpc) is 2.49. The molecule has 0 radical (unpaired) electrons. The fourth-order valence-corrected chi connectivity index (χ4v) is 3.03. The first-order valence-electron chi connectivity index (χ1n) is 6.67. The molecule has 0 bridgehead atoms. The molecule has 96 valence electrons. The van der Waals surface area contributed by atoms with Gasteiger partial charge in [-0.2, -0.15) is 0 Å². The van der Waals surface area contributed by atoms with E-state index in [9.17, 15) is 4.79 Å². The molecule has 1 aromatic carbocycles. The van der Waals surface area contributed by atoms with Crippen LogP contribution in [0.15, 0.2) is 18.2 Å². The summed E-state index contributed by atoms with van der Waals surface area (Å²) in [5.74, 6) is 0.826. The topological polar surface area (TPSA) is 55.1 Å². The van der Waals surface area contributed by atoms with Crippen LogP contribution in [-0.4, -0.2) is 11.9 Å². The molecule has 1 aliphatic carbocycles. The van der Waals surface area contributed by atoms with E-state index < -0.39 is 5.41 Å². The molecule has 1 amide bonds. The summed E-state index contributed by atoms with van der Waals surface area (Å²) in [5, 5.41) is 2.94. The number of nitrogens with two attached hydrogens (primary N) is 1. The van der Waals surface area contributed by atoms with Crippen molar-refractivity contribution in [2.45, 2.75) is 44.6 Å². The summed E-state index contributed by atoms with van der Waals surface area (Å²) < 4.78 is 0. The molecule has 0 spiro atoms. The lowest BCUT2D eigenvalue weighted by molar-refractivity contribution is -0.119. The van der Waals surface area contributed by atoms with E-state index in [1.165, 1.54) is 5.56 Å². The number of benzene rings is 1. The summed E-state index contributed by atoms with van der Waals surface area (Å²) in [5.41, 5.74) is 8.85. The van der Waals surface area contributed by atoms with Gasteiger partial charge >= 0.3 is 0 Å².